The van der Waals surface area contributed by atoms with Crippen LogP contribution in [0, 0.1) is 11.3 Å². The quantitative estimate of drug-likeness (QED) is 0.512. The average Bonchev–Trinajstić information content (AvgIpc) is 2.48. The number of hydrogen-bond acceptors (Lipinski definition) is 4. The summed E-state index contributed by atoms with van der Waals surface area (Å²) in [7, 11) is 0. The molecule has 0 aromatic heterocycles. The summed E-state index contributed by atoms with van der Waals surface area (Å²) in [4.78, 5) is 23.5. The molecule has 0 aromatic carbocycles. The van der Waals surface area contributed by atoms with Crippen LogP contribution < -0.4 is 0 Å². The van der Waals surface area contributed by atoms with Crippen LogP contribution in [0.5, 0.6) is 0 Å². The fraction of sp³-hybridized carbons (Fsp3) is 0.846. The molecule has 0 spiro atoms. The van der Waals surface area contributed by atoms with Crippen LogP contribution in [0.1, 0.15) is 40.0 Å². The summed E-state index contributed by atoms with van der Waals surface area (Å²) in [6.07, 6.45) is 2.73. The summed E-state index contributed by atoms with van der Waals surface area (Å²) in [6, 6.07) is 0. The molecule has 3 fully saturated rings. The average molecular weight is 238 g/mol. The second-order valence-corrected chi connectivity index (χ2v) is 5.88. The van der Waals surface area contributed by atoms with Crippen LogP contribution in [0.25, 0.3) is 0 Å². The first-order valence-corrected chi connectivity index (χ1v) is 6.34. The van der Waals surface area contributed by atoms with Gasteiger partial charge in [0.15, 0.2) is 11.9 Å². The van der Waals surface area contributed by atoms with Crippen molar-refractivity contribution in [3.8, 4) is 0 Å². The number of esters is 1. The third-order valence-electron chi connectivity index (χ3n) is 5.17. The van der Waals surface area contributed by atoms with E-state index in [0.29, 0.717) is 5.92 Å². The van der Waals surface area contributed by atoms with Gasteiger partial charge in [-0.3, -0.25) is 4.79 Å². The minimum Gasteiger partial charge on any atom is -0.455 e. The molecule has 3 aliphatic rings. The van der Waals surface area contributed by atoms with E-state index in [2.05, 4.69) is 13.8 Å². The van der Waals surface area contributed by atoms with Crippen LogP contribution in [0.4, 0.5) is 0 Å². The molecule has 0 aromatic rings. The Bertz CT molecular complexity index is 394. The van der Waals surface area contributed by atoms with Gasteiger partial charge in [-0.05, 0) is 25.7 Å². The smallest absolute Gasteiger partial charge is 0.350 e. The molecule has 2 saturated heterocycles. The van der Waals surface area contributed by atoms with Crippen molar-refractivity contribution in [3.63, 3.8) is 0 Å². The van der Waals surface area contributed by atoms with E-state index >= 15 is 0 Å². The monoisotopic (exact) mass is 238 g/mol. The Kier molecular flexibility index (Phi) is 2.05. The van der Waals surface area contributed by atoms with Gasteiger partial charge in [0.05, 0.1) is 6.10 Å². The molecule has 3 rings (SSSR count). The van der Waals surface area contributed by atoms with Crippen molar-refractivity contribution < 1.29 is 19.1 Å². The number of carbonyl (C=O) groups excluding carboxylic acids is 2. The highest BCUT2D eigenvalue weighted by Gasteiger charge is 2.77. The molecule has 0 amide bonds. The van der Waals surface area contributed by atoms with Crippen molar-refractivity contribution in [2.24, 2.45) is 11.3 Å². The molecule has 94 valence electrons. The van der Waals surface area contributed by atoms with E-state index in [1.54, 1.807) is 0 Å². The number of Topliss-reactive ketones (excluding diaryl/α,β-unsaturated/α-hetero) is 1. The Labute approximate surface area is 101 Å². The SMILES string of the molecule is CC(=O)[C@@]12O[C@H]3CCC[C@H](C)[C@@]3(C)[C@@H]1OC2=O. The molecule has 0 unspecified atom stereocenters. The molecule has 0 radical (unpaired) electrons. The van der Waals surface area contributed by atoms with E-state index in [1.165, 1.54) is 6.92 Å². The lowest BCUT2D eigenvalue weighted by Crippen LogP contribution is -2.68. The second-order valence-electron chi connectivity index (χ2n) is 5.88. The lowest BCUT2D eigenvalue weighted by Gasteiger charge is -2.47. The van der Waals surface area contributed by atoms with Crippen LogP contribution >= 0.6 is 0 Å². The van der Waals surface area contributed by atoms with Crippen molar-refractivity contribution in [1.29, 1.82) is 0 Å². The Morgan fingerprint density at radius 1 is 1.41 bits per heavy atom. The first-order chi connectivity index (χ1) is 7.94. The van der Waals surface area contributed by atoms with Gasteiger partial charge in [0, 0.05) is 5.41 Å². The fourth-order valence-electron chi connectivity index (χ4n) is 3.80. The summed E-state index contributed by atoms with van der Waals surface area (Å²) in [5.41, 5.74) is -1.48. The molecular formula is C13H18O4. The molecule has 0 bridgehead atoms. The summed E-state index contributed by atoms with van der Waals surface area (Å²) in [5.74, 6) is -0.278. The van der Waals surface area contributed by atoms with Crippen LogP contribution in [-0.2, 0) is 19.1 Å². The van der Waals surface area contributed by atoms with Gasteiger partial charge in [-0.1, -0.05) is 20.3 Å². The van der Waals surface area contributed by atoms with Gasteiger partial charge in [0.1, 0.15) is 0 Å². The second kappa shape index (κ2) is 3.10. The lowest BCUT2D eigenvalue weighted by atomic mass is 9.60. The predicted octanol–water partition coefficient (Wildman–Crippen LogP) is 1.46. The molecule has 1 aliphatic carbocycles. The van der Waals surface area contributed by atoms with E-state index < -0.39 is 11.6 Å². The minimum atomic E-state index is -1.28. The van der Waals surface area contributed by atoms with Gasteiger partial charge in [-0.2, -0.15) is 0 Å². The van der Waals surface area contributed by atoms with Crippen molar-refractivity contribution in [2.75, 3.05) is 0 Å². The molecule has 2 heterocycles. The van der Waals surface area contributed by atoms with E-state index in [1.807, 2.05) is 0 Å². The highest BCUT2D eigenvalue weighted by atomic mass is 16.7. The zero-order valence-electron chi connectivity index (χ0n) is 10.5. The first-order valence-electron chi connectivity index (χ1n) is 6.34. The Morgan fingerprint density at radius 3 is 2.71 bits per heavy atom. The maximum Gasteiger partial charge on any atom is 0.350 e. The molecule has 4 heteroatoms. The Morgan fingerprint density at radius 2 is 2.12 bits per heavy atom. The molecule has 17 heavy (non-hydrogen) atoms. The molecule has 4 nitrogen and oxygen atoms in total. The maximum absolute atomic E-state index is 11.8. The zero-order valence-corrected chi connectivity index (χ0v) is 10.5. The molecule has 0 N–H and O–H groups in total. The van der Waals surface area contributed by atoms with Gasteiger partial charge in [0.25, 0.3) is 5.60 Å². The van der Waals surface area contributed by atoms with Gasteiger partial charge >= 0.3 is 5.97 Å². The van der Waals surface area contributed by atoms with Crippen molar-refractivity contribution >= 4 is 11.8 Å². The highest BCUT2D eigenvalue weighted by Crippen LogP contribution is 2.60. The number of rotatable bonds is 1. The number of fused-ring (bicyclic) bond motifs is 3. The fourth-order valence-corrected chi connectivity index (χ4v) is 3.80. The van der Waals surface area contributed by atoms with E-state index in [4.69, 9.17) is 9.47 Å². The largest absolute Gasteiger partial charge is 0.455 e. The Balaban J connectivity index is 2.05. The van der Waals surface area contributed by atoms with Gasteiger partial charge in [-0.25, -0.2) is 4.79 Å². The summed E-state index contributed by atoms with van der Waals surface area (Å²) in [5, 5.41) is 0. The van der Waals surface area contributed by atoms with Gasteiger partial charge < -0.3 is 9.47 Å². The predicted molar refractivity (Wildman–Crippen MR) is 59.3 cm³/mol. The van der Waals surface area contributed by atoms with Crippen molar-refractivity contribution in [2.45, 2.75) is 57.8 Å². The van der Waals surface area contributed by atoms with Crippen LogP contribution in [0.2, 0.25) is 0 Å². The molecule has 2 aliphatic heterocycles. The van der Waals surface area contributed by atoms with E-state index in [9.17, 15) is 9.59 Å². The first kappa shape index (κ1) is 11.2. The zero-order chi connectivity index (χ0) is 12.4. The van der Waals surface area contributed by atoms with E-state index in [0.717, 1.165) is 19.3 Å². The normalized spacial score (nSPS) is 52.2. The standard InChI is InChI=1S/C13H18O4/c1-7-5-4-6-9-12(7,3)10-13(17-9,8(2)14)11(15)16-10/h7,9-10H,4-6H2,1-3H3/t7-,9-,10-,12+,13+/m0/s1. The highest BCUT2D eigenvalue weighted by molar-refractivity contribution is 6.11. The summed E-state index contributed by atoms with van der Waals surface area (Å²) < 4.78 is 11.2. The van der Waals surface area contributed by atoms with Gasteiger partial charge in [-0.15, -0.1) is 0 Å². The molecule has 5 atom stereocenters. The van der Waals surface area contributed by atoms with Crippen LogP contribution in [0.3, 0.4) is 0 Å². The minimum absolute atomic E-state index is 0.0217. The molecular weight excluding hydrogens is 220 g/mol. The lowest BCUT2D eigenvalue weighted by molar-refractivity contribution is -0.223. The number of ketones is 1. The number of carbonyl (C=O) groups is 2. The third kappa shape index (κ3) is 1.03. The van der Waals surface area contributed by atoms with Gasteiger partial charge in [0.2, 0.25) is 0 Å². The van der Waals surface area contributed by atoms with E-state index in [-0.39, 0.29) is 23.4 Å². The summed E-state index contributed by atoms with van der Waals surface area (Å²) in [6.45, 7) is 5.69. The third-order valence-corrected chi connectivity index (χ3v) is 5.17. The topological polar surface area (TPSA) is 52.6 Å². The summed E-state index contributed by atoms with van der Waals surface area (Å²) >= 11 is 0. The maximum atomic E-state index is 11.8. The van der Waals surface area contributed by atoms with Crippen molar-refractivity contribution in [1.82, 2.24) is 0 Å². The van der Waals surface area contributed by atoms with Crippen LogP contribution in [-0.4, -0.2) is 29.6 Å². The van der Waals surface area contributed by atoms with Crippen LogP contribution in [0.15, 0.2) is 0 Å². The van der Waals surface area contributed by atoms with Crippen molar-refractivity contribution in [3.05, 3.63) is 0 Å². The molecule has 1 saturated carbocycles. The number of hydrogen-bond donors (Lipinski definition) is 0. The Hall–Kier alpha value is -0.900. The number of ether oxygens (including phenoxy) is 2.